The number of carbonyl (C=O) groups is 2. The van der Waals surface area contributed by atoms with E-state index in [0.29, 0.717) is 19.0 Å². The molecule has 0 radical (unpaired) electrons. The normalized spacial score (nSPS) is 10.9. The number of carbonyl (C=O) groups excluding carboxylic acids is 2. The molecule has 0 saturated heterocycles. The van der Waals surface area contributed by atoms with Crippen LogP contribution in [0.15, 0.2) is 15.9 Å². The number of urea groups is 1. The average molecular weight is 362 g/mol. The van der Waals surface area contributed by atoms with E-state index in [-0.39, 0.29) is 12.5 Å². The maximum absolute atomic E-state index is 11.7. The van der Waals surface area contributed by atoms with Crippen molar-refractivity contribution in [3.05, 3.63) is 20.8 Å². The van der Waals surface area contributed by atoms with E-state index in [4.69, 9.17) is 0 Å². The molecule has 0 bridgehead atoms. The number of hydrogen-bond acceptors (Lipinski definition) is 4. The van der Waals surface area contributed by atoms with Gasteiger partial charge in [-0.05, 0) is 35.0 Å². The summed E-state index contributed by atoms with van der Waals surface area (Å²) in [6.07, 6.45) is 0. The fourth-order valence-electron chi connectivity index (χ4n) is 1.51. The van der Waals surface area contributed by atoms with Gasteiger partial charge in [-0.3, -0.25) is 15.0 Å². The second-order valence-electron chi connectivity index (χ2n) is 5.06. The fourth-order valence-corrected chi connectivity index (χ4v) is 3.04. The van der Waals surface area contributed by atoms with Crippen LogP contribution in [-0.4, -0.2) is 37.0 Å². The van der Waals surface area contributed by atoms with Gasteiger partial charge in [0.15, 0.2) is 0 Å². The van der Waals surface area contributed by atoms with Crippen LogP contribution in [0, 0.1) is 5.92 Å². The van der Waals surface area contributed by atoms with Gasteiger partial charge in [-0.25, -0.2) is 4.79 Å². The van der Waals surface area contributed by atoms with Gasteiger partial charge in [0, 0.05) is 27.8 Å². The predicted molar refractivity (Wildman–Crippen MR) is 84.7 cm³/mol. The van der Waals surface area contributed by atoms with Crippen molar-refractivity contribution in [2.75, 3.05) is 20.1 Å². The minimum atomic E-state index is -0.434. The van der Waals surface area contributed by atoms with Gasteiger partial charge in [0.05, 0.1) is 6.54 Å². The van der Waals surface area contributed by atoms with Crippen LogP contribution in [0.5, 0.6) is 0 Å². The SMILES string of the molecule is CC(C)CNC(=O)NC(=O)CN(C)Cc1cc(Br)cs1. The Bertz CT molecular complexity index is 462. The van der Waals surface area contributed by atoms with E-state index in [0.717, 1.165) is 9.35 Å². The van der Waals surface area contributed by atoms with Crippen LogP contribution < -0.4 is 10.6 Å². The standard InChI is InChI=1S/C13H20BrN3O2S/c1-9(2)5-15-13(19)16-12(18)7-17(3)6-11-4-10(14)8-20-11/h4,8-9H,5-7H2,1-3H3,(H2,15,16,18,19). The quantitative estimate of drug-likeness (QED) is 0.817. The summed E-state index contributed by atoms with van der Waals surface area (Å²) in [5.74, 6) is 0.0557. The summed E-state index contributed by atoms with van der Waals surface area (Å²) in [6.45, 7) is 5.41. The highest BCUT2D eigenvalue weighted by atomic mass is 79.9. The first-order valence-corrected chi connectivity index (χ1v) is 8.03. The number of rotatable bonds is 6. The van der Waals surface area contributed by atoms with E-state index in [9.17, 15) is 9.59 Å². The van der Waals surface area contributed by atoms with Gasteiger partial charge in [-0.2, -0.15) is 0 Å². The van der Waals surface area contributed by atoms with Crippen LogP contribution in [0.4, 0.5) is 4.79 Å². The third kappa shape index (κ3) is 7.02. The topological polar surface area (TPSA) is 61.4 Å². The number of amides is 3. The Morgan fingerprint density at radius 2 is 2.15 bits per heavy atom. The van der Waals surface area contributed by atoms with Crippen LogP contribution >= 0.6 is 27.3 Å². The molecule has 0 aliphatic carbocycles. The molecule has 7 heteroatoms. The molecule has 5 nitrogen and oxygen atoms in total. The maximum atomic E-state index is 11.7. The lowest BCUT2D eigenvalue weighted by atomic mass is 10.2. The molecule has 3 amide bonds. The van der Waals surface area contributed by atoms with E-state index in [1.165, 1.54) is 0 Å². The number of halogens is 1. The first-order valence-electron chi connectivity index (χ1n) is 6.36. The average Bonchev–Trinajstić information content (AvgIpc) is 2.71. The largest absolute Gasteiger partial charge is 0.338 e. The number of nitrogens with zero attached hydrogens (tertiary/aromatic N) is 1. The van der Waals surface area contributed by atoms with Crippen molar-refractivity contribution in [1.29, 1.82) is 0 Å². The van der Waals surface area contributed by atoms with Crippen molar-refractivity contribution in [2.45, 2.75) is 20.4 Å². The van der Waals surface area contributed by atoms with Crippen LogP contribution in [0.3, 0.4) is 0 Å². The molecule has 20 heavy (non-hydrogen) atoms. The number of thiophene rings is 1. The van der Waals surface area contributed by atoms with Gasteiger partial charge in [0.25, 0.3) is 0 Å². The van der Waals surface area contributed by atoms with E-state index in [2.05, 4.69) is 26.6 Å². The molecule has 0 aromatic carbocycles. The highest BCUT2D eigenvalue weighted by Crippen LogP contribution is 2.20. The molecule has 0 fully saturated rings. The maximum Gasteiger partial charge on any atom is 0.321 e. The number of hydrogen-bond donors (Lipinski definition) is 2. The van der Waals surface area contributed by atoms with E-state index < -0.39 is 6.03 Å². The summed E-state index contributed by atoms with van der Waals surface area (Å²) >= 11 is 5.02. The van der Waals surface area contributed by atoms with E-state index in [1.807, 2.05) is 37.2 Å². The lowest BCUT2D eigenvalue weighted by molar-refractivity contribution is -0.120. The van der Waals surface area contributed by atoms with Crippen LogP contribution in [0.1, 0.15) is 18.7 Å². The monoisotopic (exact) mass is 361 g/mol. The molecule has 0 saturated carbocycles. The third-order valence-electron chi connectivity index (χ3n) is 2.38. The minimum absolute atomic E-state index is 0.185. The summed E-state index contributed by atoms with van der Waals surface area (Å²) in [4.78, 5) is 26.1. The Hall–Kier alpha value is -0.920. The molecule has 1 aromatic rings. The molecular formula is C13H20BrN3O2S. The van der Waals surface area contributed by atoms with Gasteiger partial charge < -0.3 is 5.32 Å². The van der Waals surface area contributed by atoms with Crippen molar-refractivity contribution >= 4 is 39.2 Å². The first-order chi connectivity index (χ1) is 9.36. The summed E-state index contributed by atoms with van der Waals surface area (Å²) in [5.41, 5.74) is 0. The highest BCUT2D eigenvalue weighted by Gasteiger charge is 2.11. The second kappa shape index (κ2) is 8.39. The van der Waals surface area contributed by atoms with Crippen LogP contribution in [0.2, 0.25) is 0 Å². The summed E-state index contributed by atoms with van der Waals surface area (Å²) in [5, 5.41) is 6.97. The van der Waals surface area contributed by atoms with Crippen molar-refractivity contribution in [2.24, 2.45) is 5.92 Å². The van der Waals surface area contributed by atoms with Crippen molar-refractivity contribution in [3.63, 3.8) is 0 Å². The van der Waals surface area contributed by atoms with Gasteiger partial charge in [0.2, 0.25) is 5.91 Å². The molecule has 1 rings (SSSR count). The zero-order chi connectivity index (χ0) is 15.1. The van der Waals surface area contributed by atoms with Gasteiger partial charge in [0.1, 0.15) is 0 Å². The summed E-state index contributed by atoms with van der Waals surface area (Å²) in [7, 11) is 1.85. The van der Waals surface area contributed by atoms with Crippen molar-refractivity contribution < 1.29 is 9.59 Å². The van der Waals surface area contributed by atoms with Crippen LogP contribution in [0.25, 0.3) is 0 Å². The van der Waals surface area contributed by atoms with Crippen molar-refractivity contribution in [3.8, 4) is 0 Å². The second-order valence-corrected chi connectivity index (χ2v) is 6.97. The molecule has 0 spiro atoms. The molecule has 1 heterocycles. The summed E-state index contributed by atoms with van der Waals surface area (Å²) < 4.78 is 1.04. The number of imide groups is 1. The van der Waals surface area contributed by atoms with Gasteiger partial charge >= 0.3 is 6.03 Å². The Labute approximate surface area is 131 Å². The number of likely N-dealkylation sites (N-methyl/N-ethyl adjacent to an activating group) is 1. The Morgan fingerprint density at radius 3 is 2.70 bits per heavy atom. The Morgan fingerprint density at radius 1 is 1.45 bits per heavy atom. The Balaban J connectivity index is 2.29. The molecule has 1 aromatic heterocycles. The summed E-state index contributed by atoms with van der Waals surface area (Å²) in [6, 6.07) is 1.59. The molecule has 0 aliphatic rings. The highest BCUT2D eigenvalue weighted by molar-refractivity contribution is 9.10. The molecule has 112 valence electrons. The Kier molecular flexibility index (Phi) is 7.18. The molecule has 0 atom stereocenters. The zero-order valence-corrected chi connectivity index (χ0v) is 14.3. The molecule has 0 aliphatic heterocycles. The molecule has 0 unspecified atom stereocenters. The van der Waals surface area contributed by atoms with Gasteiger partial charge in [-0.15, -0.1) is 11.3 Å². The van der Waals surface area contributed by atoms with Crippen molar-refractivity contribution in [1.82, 2.24) is 15.5 Å². The zero-order valence-electron chi connectivity index (χ0n) is 11.9. The lowest BCUT2D eigenvalue weighted by Crippen LogP contribution is -2.44. The van der Waals surface area contributed by atoms with E-state index >= 15 is 0 Å². The molecular weight excluding hydrogens is 342 g/mol. The lowest BCUT2D eigenvalue weighted by Gasteiger charge is -2.15. The van der Waals surface area contributed by atoms with Gasteiger partial charge in [-0.1, -0.05) is 13.8 Å². The third-order valence-corrected chi connectivity index (χ3v) is 4.07. The van der Waals surface area contributed by atoms with Crippen LogP contribution in [-0.2, 0) is 11.3 Å². The first kappa shape index (κ1) is 17.1. The fraction of sp³-hybridized carbons (Fsp3) is 0.538. The smallest absolute Gasteiger partial charge is 0.321 e. The minimum Gasteiger partial charge on any atom is -0.338 e. The predicted octanol–water partition coefficient (Wildman–Crippen LogP) is 2.42. The number of nitrogens with one attached hydrogen (secondary N) is 2. The van der Waals surface area contributed by atoms with E-state index in [1.54, 1.807) is 11.3 Å². The molecule has 2 N–H and O–H groups in total.